The first-order valence-corrected chi connectivity index (χ1v) is 9.05. The van der Waals surface area contributed by atoms with Crippen molar-refractivity contribution in [1.29, 1.82) is 0 Å². The Morgan fingerprint density at radius 1 is 1.16 bits per heavy atom. The number of carbonyl (C=O) groups excluding carboxylic acids is 1. The van der Waals surface area contributed by atoms with Gasteiger partial charge in [0.25, 0.3) is 0 Å². The summed E-state index contributed by atoms with van der Waals surface area (Å²) >= 11 is 12.1. The monoisotopic (exact) mass is 381 g/mol. The minimum absolute atomic E-state index is 0.0930. The van der Waals surface area contributed by atoms with Crippen LogP contribution in [0.25, 0.3) is 0 Å². The third-order valence-corrected chi connectivity index (χ3v) is 5.26. The van der Waals surface area contributed by atoms with Gasteiger partial charge in [0, 0.05) is 0 Å². The topological polar surface area (TPSA) is 29.1 Å². The summed E-state index contributed by atoms with van der Waals surface area (Å²) in [5.74, 6) is -0.390. The predicted octanol–water partition coefficient (Wildman–Crippen LogP) is 6.07. The van der Waals surface area contributed by atoms with Gasteiger partial charge in [-0.15, -0.1) is 0 Å². The Morgan fingerprint density at radius 2 is 1.80 bits per heavy atom. The predicted molar refractivity (Wildman–Crippen MR) is 102 cm³/mol. The van der Waals surface area contributed by atoms with E-state index in [1.807, 2.05) is 26.8 Å². The maximum absolute atomic E-state index is 13.1. The Labute approximate surface area is 158 Å². The lowest BCUT2D eigenvalue weighted by molar-refractivity contribution is -0.127. The molecule has 134 valence electrons. The van der Waals surface area contributed by atoms with Gasteiger partial charge in [0.15, 0.2) is 0 Å². The van der Waals surface area contributed by atoms with E-state index in [9.17, 15) is 9.18 Å². The molecule has 0 aliphatic carbocycles. The lowest BCUT2D eigenvalue weighted by atomic mass is 9.77. The SMILES string of the molecule is CCCC(C)(C(=O)N[C@H](C)c1ccc(F)cc1)c1ccc(Cl)c(Cl)c1. The van der Waals surface area contributed by atoms with Crippen molar-refractivity contribution in [2.24, 2.45) is 0 Å². The molecule has 0 aromatic heterocycles. The summed E-state index contributed by atoms with van der Waals surface area (Å²) in [4.78, 5) is 13.0. The molecule has 0 heterocycles. The third-order valence-electron chi connectivity index (χ3n) is 4.53. The number of halogens is 3. The molecular weight excluding hydrogens is 360 g/mol. The number of rotatable bonds is 6. The first-order chi connectivity index (χ1) is 11.8. The van der Waals surface area contributed by atoms with Gasteiger partial charge in [-0.3, -0.25) is 4.79 Å². The first-order valence-electron chi connectivity index (χ1n) is 8.30. The highest BCUT2D eigenvalue weighted by Gasteiger charge is 2.35. The molecule has 1 unspecified atom stereocenters. The van der Waals surface area contributed by atoms with Gasteiger partial charge < -0.3 is 5.32 Å². The van der Waals surface area contributed by atoms with E-state index in [0.717, 1.165) is 17.5 Å². The second-order valence-corrected chi connectivity index (χ2v) is 7.27. The average Bonchev–Trinajstić information content (AvgIpc) is 2.57. The largest absolute Gasteiger partial charge is 0.349 e. The van der Waals surface area contributed by atoms with Crippen LogP contribution in [0.4, 0.5) is 4.39 Å². The zero-order valence-corrected chi connectivity index (χ0v) is 16.1. The fourth-order valence-corrected chi connectivity index (χ4v) is 3.22. The summed E-state index contributed by atoms with van der Waals surface area (Å²) < 4.78 is 13.1. The van der Waals surface area contributed by atoms with E-state index in [4.69, 9.17) is 23.2 Å². The molecule has 5 heteroatoms. The molecular formula is C20H22Cl2FNO. The average molecular weight is 382 g/mol. The zero-order chi connectivity index (χ0) is 18.6. The number of amides is 1. The summed E-state index contributed by atoms with van der Waals surface area (Å²) in [5.41, 5.74) is 0.951. The van der Waals surface area contributed by atoms with Crippen molar-refractivity contribution in [1.82, 2.24) is 5.32 Å². The first kappa shape index (κ1) is 19.7. The zero-order valence-electron chi connectivity index (χ0n) is 14.6. The maximum Gasteiger partial charge on any atom is 0.230 e. The van der Waals surface area contributed by atoms with E-state index >= 15 is 0 Å². The quantitative estimate of drug-likeness (QED) is 0.646. The number of nitrogens with one attached hydrogen (secondary N) is 1. The second kappa shape index (κ2) is 8.20. The van der Waals surface area contributed by atoms with Crippen molar-refractivity contribution in [3.63, 3.8) is 0 Å². The molecule has 0 saturated heterocycles. The van der Waals surface area contributed by atoms with Gasteiger partial charge in [-0.05, 0) is 55.7 Å². The molecule has 2 nitrogen and oxygen atoms in total. The van der Waals surface area contributed by atoms with Crippen LogP contribution in [-0.4, -0.2) is 5.91 Å². The Balaban J connectivity index is 2.27. The van der Waals surface area contributed by atoms with Crippen molar-refractivity contribution in [3.05, 3.63) is 69.5 Å². The lowest BCUT2D eigenvalue weighted by Gasteiger charge is -2.30. The molecule has 1 amide bonds. The van der Waals surface area contributed by atoms with Crippen molar-refractivity contribution >= 4 is 29.1 Å². The molecule has 25 heavy (non-hydrogen) atoms. The van der Waals surface area contributed by atoms with Crippen LogP contribution in [0.3, 0.4) is 0 Å². The molecule has 2 aromatic rings. The van der Waals surface area contributed by atoms with E-state index < -0.39 is 5.41 Å². The van der Waals surface area contributed by atoms with Crippen LogP contribution in [0, 0.1) is 5.82 Å². The molecule has 1 N–H and O–H groups in total. The van der Waals surface area contributed by atoms with E-state index in [-0.39, 0.29) is 17.8 Å². The highest BCUT2D eigenvalue weighted by molar-refractivity contribution is 6.42. The summed E-state index contributed by atoms with van der Waals surface area (Å²) in [6, 6.07) is 11.2. The molecule has 2 atom stereocenters. The standard InChI is InChI=1S/C20H22Cl2FNO/c1-4-11-20(3,15-7-10-17(21)18(22)12-15)19(25)24-13(2)14-5-8-16(23)9-6-14/h5-10,12-13H,4,11H2,1-3H3,(H,24,25)/t13-,20?/m1/s1. The van der Waals surface area contributed by atoms with Gasteiger partial charge in [0.2, 0.25) is 5.91 Å². The van der Waals surface area contributed by atoms with Gasteiger partial charge in [0.1, 0.15) is 5.82 Å². The summed E-state index contributed by atoms with van der Waals surface area (Å²) in [6.45, 7) is 5.82. The van der Waals surface area contributed by atoms with E-state index in [2.05, 4.69) is 5.32 Å². The van der Waals surface area contributed by atoms with Crippen LogP contribution in [-0.2, 0) is 10.2 Å². The van der Waals surface area contributed by atoms with Gasteiger partial charge in [-0.1, -0.05) is 54.7 Å². The minimum Gasteiger partial charge on any atom is -0.349 e. The summed E-state index contributed by atoms with van der Waals surface area (Å²) in [6.07, 6.45) is 1.52. The van der Waals surface area contributed by atoms with Gasteiger partial charge in [0.05, 0.1) is 21.5 Å². The molecule has 0 fully saturated rings. The van der Waals surface area contributed by atoms with Gasteiger partial charge in [-0.2, -0.15) is 0 Å². The van der Waals surface area contributed by atoms with Crippen LogP contribution in [0.15, 0.2) is 42.5 Å². The number of benzene rings is 2. The van der Waals surface area contributed by atoms with Crippen LogP contribution in [0.1, 0.15) is 50.8 Å². The second-order valence-electron chi connectivity index (χ2n) is 6.46. The molecule has 0 radical (unpaired) electrons. The van der Waals surface area contributed by atoms with Crippen molar-refractivity contribution in [2.75, 3.05) is 0 Å². The summed E-state index contributed by atoms with van der Waals surface area (Å²) in [7, 11) is 0. The molecule has 2 rings (SSSR count). The molecule has 2 aromatic carbocycles. The normalized spacial score (nSPS) is 14.6. The molecule has 0 spiro atoms. The highest BCUT2D eigenvalue weighted by Crippen LogP contribution is 2.34. The Hall–Kier alpha value is -1.58. The maximum atomic E-state index is 13.1. The minimum atomic E-state index is -0.725. The smallest absolute Gasteiger partial charge is 0.230 e. The van der Waals surface area contributed by atoms with Gasteiger partial charge >= 0.3 is 0 Å². The third kappa shape index (κ3) is 4.53. The van der Waals surface area contributed by atoms with Crippen molar-refractivity contribution < 1.29 is 9.18 Å². The molecule has 0 aliphatic heterocycles. The Morgan fingerprint density at radius 3 is 2.36 bits per heavy atom. The van der Waals surface area contributed by atoms with Crippen LogP contribution in [0.2, 0.25) is 10.0 Å². The number of hydrogen-bond acceptors (Lipinski definition) is 1. The fourth-order valence-electron chi connectivity index (χ4n) is 2.92. The number of carbonyl (C=O) groups is 1. The number of hydrogen-bond donors (Lipinski definition) is 1. The van der Waals surface area contributed by atoms with Crippen LogP contribution in [0.5, 0.6) is 0 Å². The Bertz CT molecular complexity index is 748. The van der Waals surface area contributed by atoms with E-state index in [1.54, 1.807) is 24.3 Å². The fraction of sp³-hybridized carbons (Fsp3) is 0.350. The van der Waals surface area contributed by atoms with E-state index in [0.29, 0.717) is 16.5 Å². The van der Waals surface area contributed by atoms with E-state index in [1.165, 1.54) is 12.1 Å². The lowest BCUT2D eigenvalue weighted by Crippen LogP contribution is -2.43. The van der Waals surface area contributed by atoms with Crippen molar-refractivity contribution in [2.45, 2.75) is 45.1 Å². The van der Waals surface area contributed by atoms with Crippen LogP contribution >= 0.6 is 23.2 Å². The van der Waals surface area contributed by atoms with Crippen molar-refractivity contribution in [3.8, 4) is 0 Å². The van der Waals surface area contributed by atoms with Crippen LogP contribution < -0.4 is 5.32 Å². The highest BCUT2D eigenvalue weighted by atomic mass is 35.5. The Kier molecular flexibility index (Phi) is 6.47. The van der Waals surface area contributed by atoms with Gasteiger partial charge in [-0.25, -0.2) is 4.39 Å². The molecule has 0 saturated carbocycles. The molecule has 0 aliphatic rings. The summed E-state index contributed by atoms with van der Waals surface area (Å²) in [5, 5.41) is 3.93. The molecule has 0 bridgehead atoms.